The zero-order chi connectivity index (χ0) is 34.8. The second kappa shape index (κ2) is 14.2. The van der Waals surface area contributed by atoms with E-state index in [1.54, 1.807) is 12.1 Å². The first-order valence-corrected chi connectivity index (χ1v) is 17.2. The van der Waals surface area contributed by atoms with E-state index in [-0.39, 0.29) is 30.8 Å². The van der Waals surface area contributed by atoms with Crippen molar-refractivity contribution in [3.8, 4) is 22.6 Å². The molecule has 2 saturated heterocycles. The molecule has 2 unspecified atom stereocenters. The number of amides is 3. The molecule has 1 saturated carbocycles. The zero-order valence-electron chi connectivity index (χ0n) is 28.6. The maximum Gasteiger partial charge on any atom is 0.415 e. The van der Waals surface area contributed by atoms with Crippen LogP contribution in [0.1, 0.15) is 32.8 Å². The Bertz CT molecular complexity index is 1730. The van der Waals surface area contributed by atoms with Gasteiger partial charge in [0.1, 0.15) is 29.9 Å². The van der Waals surface area contributed by atoms with Crippen LogP contribution in [0.2, 0.25) is 0 Å². The Morgan fingerprint density at radius 3 is 2.60 bits per heavy atom. The van der Waals surface area contributed by atoms with Crippen LogP contribution in [0, 0.1) is 11.8 Å². The van der Waals surface area contributed by atoms with Gasteiger partial charge in [-0.15, -0.1) is 0 Å². The van der Waals surface area contributed by atoms with E-state index in [9.17, 15) is 14.4 Å². The van der Waals surface area contributed by atoms with Crippen molar-refractivity contribution >= 4 is 29.7 Å². The molecule has 3 fully saturated rings. The van der Waals surface area contributed by atoms with E-state index in [0.717, 1.165) is 42.1 Å². The molecular weight excluding hydrogens is 640 g/mol. The molecule has 2 aromatic carbocycles. The summed E-state index contributed by atoms with van der Waals surface area (Å²) < 4.78 is 22.5. The molecule has 13 nitrogen and oxygen atoms in total. The van der Waals surface area contributed by atoms with Gasteiger partial charge < -0.3 is 34.9 Å². The van der Waals surface area contributed by atoms with Gasteiger partial charge in [0.05, 0.1) is 6.54 Å². The number of hydrogen-bond donors (Lipinski definition) is 3. The molecule has 13 heteroatoms. The van der Waals surface area contributed by atoms with Crippen LogP contribution < -0.4 is 30.3 Å². The number of nitrogens with one attached hydrogen (secondary N) is 3. The Morgan fingerprint density at radius 2 is 1.80 bits per heavy atom. The van der Waals surface area contributed by atoms with Gasteiger partial charge in [-0.25, -0.2) is 14.6 Å². The summed E-state index contributed by atoms with van der Waals surface area (Å²) in [6.07, 6.45) is -0.415. The molecule has 4 heterocycles. The van der Waals surface area contributed by atoms with Crippen molar-refractivity contribution in [2.75, 3.05) is 56.2 Å². The van der Waals surface area contributed by atoms with Crippen LogP contribution in [0.5, 0.6) is 11.5 Å². The molecule has 3 N–H and O–H groups in total. The fourth-order valence-corrected chi connectivity index (χ4v) is 6.83. The summed E-state index contributed by atoms with van der Waals surface area (Å²) in [6, 6.07) is 20.2. The standard InChI is InChI=1S/C37H44N6O7/c1-37(2,3)50-35(45)41-33-28-20-42(21-29(28)33)14-15-47-26-9-5-8-25(17-26)24-7-4-6-23(16-24)18-38-13-12-27-19-43(36(46)49-27)31-11-10-30-34(39-31)40-32(44)22-48-30/h4-11,16-17,27-29,33,38H,12-15,18-22H2,1-3H3,(H,41,45)(H,39,40,44)/t27-,28?,29?,33?/m0/s1. The summed E-state index contributed by atoms with van der Waals surface area (Å²) in [6.45, 7) is 10.7. The molecule has 0 bridgehead atoms. The molecule has 50 heavy (non-hydrogen) atoms. The van der Waals surface area contributed by atoms with Crippen molar-refractivity contribution < 1.29 is 33.3 Å². The highest BCUT2D eigenvalue weighted by molar-refractivity contribution is 5.95. The van der Waals surface area contributed by atoms with Crippen molar-refractivity contribution in [1.82, 2.24) is 20.5 Å². The van der Waals surface area contributed by atoms with Gasteiger partial charge in [0.25, 0.3) is 5.91 Å². The van der Waals surface area contributed by atoms with Crippen molar-refractivity contribution in [3.63, 3.8) is 0 Å². The van der Waals surface area contributed by atoms with E-state index in [1.165, 1.54) is 4.90 Å². The highest BCUT2D eigenvalue weighted by atomic mass is 16.6. The monoisotopic (exact) mass is 684 g/mol. The van der Waals surface area contributed by atoms with Gasteiger partial charge in [-0.3, -0.25) is 14.6 Å². The van der Waals surface area contributed by atoms with Crippen LogP contribution in [0.4, 0.5) is 21.2 Å². The van der Waals surface area contributed by atoms with Gasteiger partial charge in [0.2, 0.25) is 0 Å². The van der Waals surface area contributed by atoms with Crippen molar-refractivity contribution in [3.05, 3.63) is 66.2 Å². The Labute approximate surface area is 291 Å². The molecule has 3 atom stereocenters. The summed E-state index contributed by atoms with van der Waals surface area (Å²) in [7, 11) is 0. The highest BCUT2D eigenvalue weighted by Crippen LogP contribution is 2.45. The van der Waals surface area contributed by atoms with E-state index in [1.807, 2.05) is 32.9 Å². The fourth-order valence-electron chi connectivity index (χ4n) is 6.83. The lowest BCUT2D eigenvalue weighted by atomic mass is 10.0. The summed E-state index contributed by atoms with van der Waals surface area (Å²) in [5.41, 5.74) is 2.85. The lowest BCUT2D eigenvalue weighted by Gasteiger charge is -2.22. The molecule has 7 rings (SSSR count). The predicted molar refractivity (Wildman–Crippen MR) is 186 cm³/mol. The number of ether oxygens (including phenoxy) is 4. The Hall–Kier alpha value is -4.88. The van der Waals surface area contributed by atoms with Crippen molar-refractivity contribution in [2.24, 2.45) is 11.8 Å². The maximum absolute atomic E-state index is 12.6. The minimum absolute atomic E-state index is 0.0523. The summed E-state index contributed by atoms with van der Waals surface area (Å²) in [4.78, 5) is 44.6. The Morgan fingerprint density at radius 1 is 1.02 bits per heavy atom. The van der Waals surface area contributed by atoms with E-state index >= 15 is 0 Å². The molecule has 3 aromatic rings. The number of alkyl carbamates (subject to hydrolysis) is 1. The molecule has 3 aliphatic heterocycles. The number of carbonyl (C=O) groups excluding carboxylic acids is 3. The SMILES string of the molecule is CC(C)(C)OC(=O)NC1C2CN(CCOc3cccc(-c4cccc(CNCC[C@H]5CN(c6ccc7c(n6)NC(=O)CO7)C(=O)O5)c4)c3)CC21. The predicted octanol–water partition coefficient (Wildman–Crippen LogP) is 4.42. The zero-order valence-corrected chi connectivity index (χ0v) is 28.6. The third-order valence-corrected chi connectivity index (χ3v) is 9.31. The number of fused-ring (bicyclic) bond motifs is 2. The number of rotatable bonds is 12. The van der Waals surface area contributed by atoms with Gasteiger partial charge in [-0.1, -0.05) is 30.3 Å². The van der Waals surface area contributed by atoms with Crippen molar-refractivity contribution in [2.45, 2.75) is 51.5 Å². The lowest BCUT2D eigenvalue weighted by molar-refractivity contribution is -0.118. The normalized spacial score (nSPS) is 22.6. The molecule has 1 aliphatic carbocycles. The van der Waals surface area contributed by atoms with Crippen LogP contribution in [-0.4, -0.2) is 91.7 Å². The third kappa shape index (κ3) is 8.11. The van der Waals surface area contributed by atoms with Crippen LogP contribution in [0.25, 0.3) is 11.1 Å². The highest BCUT2D eigenvalue weighted by Gasteiger charge is 2.56. The smallest absolute Gasteiger partial charge is 0.415 e. The maximum atomic E-state index is 12.6. The first-order chi connectivity index (χ1) is 24.1. The summed E-state index contributed by atoms with van der Waals surface area (Å²) >= 11 is 0. The quantitative estimate of drug-likeness (QED) is 0.235. The second-order valence-corrected chi connectivity index (χ2v) is 14.3. The molecule has 1 aromatic heterocycles. The van der Waals surface area contributed by atoms with Crippen molar-refractivity contribution in [1.29, 1.82) is 0 Å². The molecule has 3 amide bonds. The Kier molecular flexibility index (Phi) is 9.52. The number of carbonyl (C=O) groups is 3. The first kappa shape index (κ1) is 33.6. The van der Waals surface area contributed by atoms with Gasteiger partial charge >= 0.3 is 12.2 Å². The molecule has 0 radical (unpaired) electrons. The minimum Gasteiger partial charge on any atom is -0.492 e. The van der Waals surface area contributed by atoms with Crippen LogP contribution in [-0.2, 0) is 20.8 Å². The number of nitrogens with zero attached hydrogens (tertiary/aromatic N) is 3. The van der Waals surface area contributed by atoms with E-state index < -0.39 is 11.7 Å². The molecule has 4 aliphatic rings. The largest absolute Gasteiger partial charge is 0.492 e. The molecule has 264 valence electrons. The molecule has 0 spiro atoms. The number of aromatic nitrogens is 1. The topological polar surface area (TPSA) is 144 Å². The Balaban J connectivity index is 0.826. The first-order valence-electron chi connectivity index (χ1n) is 17.2. The fraction of sp³-hybridized carbons (Fsp3) is 0.459. The number of likely N-dealkylation sites (tertiary alicyclic amines) is 1. The minimum atomic E-state index is -0.487. The summed E-state index contributed by atoms with van der Waals surface area (Å²) in [5.74, 6) is 2.73. The van der Waals surface area contributed by atoms with Crippen LogP contribution in [0.15, 0.2) is 60.7 Å². The van der Waals surface area contributed by atoms with Crippen LogP contribution in [0.3, 0.4) is 0 Å². The number of benzene rings is 2. The number of pyridine rings is 1. The van der Waals surface area contributed by atoms with Gasteiger partial charge in [0.15, 0.2) is 18.2 Å². The third-order valence-electron chi connectivity index (χ3n) is 9.31. The average Bonchev–Trinajstić information content (AvgIpc) is 3.36. The second-order valence-electron chi connectivity index (χ2n) is 14.3. The number of anilines is 2. The van der Waals surface area contributed by atoms with Gasteiger partial charge in [-0.2, -0.15) is 0 Å². The average molecular weight is 685 g/mol. The van der Waals surface area contributed by atoms with Gasteiger partial charge in [0, 0.05) is 32.2 Å². The molecular formula is C37H44N6O7. The van der Waals surface area contributed by atoms with Crippen LogP contribution >= 0.6 is 0 Å². The van der Waals surface area contributed by atoms with E-state index in [2.05, 4.69) is 62.2 Å². The number of piperidine rings is 1. The number of cyclic esters (lactones) is 1. The summed E-state index contributed by atoms with van der Waals surface area (Å²) in [5, 5.41) is 9.17. The number of hydrogen-bond acceptors (Lipinski definition) is 10. The lowest BCUT2D eigenvalue weighted by Crippen LogP contribution is -2.38. The van der Waals surface area contributed by atoms with Gasteiger partial charge in [-0.05, 0) is 92.6 Å². The van der Waals surface area contributed by atoms with E-state index in [4.69, 9.17) is 18.9 Å². The van der Waals surface area contributed by atoms with E-state index in [0.29, 0.717) is 61.9 Å².